The molecule has 0 amide bonds. The molecule has 3 heteroatoms. The summed E-state index contributed by atoms with van der Waals surface area (Å²) in [7, 11) is 0. The third kappa shape index (κ3) is 3.39. The highest BCUT2D eigenvalue weighted by atomic mass is 32.1. The summed E-state index contributed by atoms with van der Waals surface area (Å²) in [6.45, 7) is 3.24. The number of hydrogen-bond donors (Lipinski definition) is 1. The molecule has 2 nitrogen and oxygen atoms in total. The van der Waals surface area contributed by atoms with Gasteiger partial charge in [-0.1, -0.05) is 31.9 Å². The summed E-state index contributed by atoms with van der Waals surface area (Å²) in [5.41, 5.74) is 1.14. The first-order valence-electron chi connectivity index (χ1n) is 7.93. The molecular formula is C17H24N2S. The van der Waals surface area contributed by atoms with E-state index in [4.69, 9.17) is 4.98 Å². The van der Waals surface area contributed by atoms with E-state index in [-0.39, 0.29) is 0 Å². The van der Waals surface area contributed by atoms with Crippen molar-refractivity contribution in [3.63, 3.8) is 0 Å². The first-order valence-corrected chi connectivity index (χ1v) is 8.74. The van der Waals surface area contributed by atoms with Crippen LogP contribution in [0.2, 0.25) is 0 Å². The van der Waals surface area contributed by atoms with E-state index in [1.807, 2.05) is 11.3 Å². The number of hydrogen-bond acceptors (Lipinski definition) is 3. The van der Waals surface area contributed by atoms with Gasteiger partial charge in [0.1, 0.15) is 5.01 Å². The molecular weight excluding hydrogens is 264 g/mol. The zero-order valence-electron chi connectivity index (χ0n) is 12.3. The molecule has 0 atom stereocenters. The van der Waals surface area contributed by atoms with Crippen LogP contribution in [-0.2, 0) is 6.54 Å². The third-order valence-electron chi connectivity index (χ3n) is 4.42. The van der Waals surface area contributed by atoms with Gasteiger partial charge < -0.3 is 5.32 Å². The monoisotopic (exact) mass is 288 g/mol. The van der Waals surface area contributed by atoms with Crippen molar-refractivity contribution >= 4 is 21.6 Å². The van der Waals surface area contributed by atoms with Gasteiger partial charge in [-0.3, -0.25) is 0 Å². The number of nitrogens with one attached hydrogen (secondary N) is 1. The quantitative estimate of drug-likeness (QED) is 0.859. The van der Waals surface area contributed by atoms with Gasteiger partial charge in [0.15, 0.2) is 0 Å². The fourth-order valence-corrected chi connectivity index (χ4v) is 4.21. The van der Waals surface area contributed by atoms with Crippen LogP contribution in [0.25, 0.3) is 10.2 Å². The van der Waals surface area contributed by atoms with Gasteiger partial charge in [0, 0.05) is 12.6 Å². The maximum absolute atomic E-state index is 4.70. The normalized spacial score (nSPS) is 23.2. The number of para-hydroxylation sites is 1. The lowest BCUT2D eigenvalue weighted by atomic mass is 9.83. The summed E-state index contributed by atoms with van der Waals surface area (Å²) in [5.74, 6) is 0.987. The number of nitrogens with zero attached hydrogens (tertiary/aromatic N) is 1. The Bertz CT molecular complexity index is 508. The van der Waals surface area contributed by atoms with Gasteiger partial charge in [0.05, 0.1) is 10.2 Å². The molecule has 0 radical (unpaired) electrons. The van der Waals surface area contributed by atoms with Crippen molar-refractivity contribution in [2.24, 2.45) is 5.92 Å². The minimum absolute atomic E-state index is 0.704. The SMILES string of the molecule is CCCC1CCC(NCc2nc3ccccc3s2)CC1. The van der Waals surface area contributed by atoms with Gasteiger partial charge in [0.25, 0.3) is 0 Å². The third-order valence-corrected chi connectivity index (χ3v) is 5.46. The largest absolute Gasteiger partial charge is 0.308 e. The molecule has 1 aliphatic carbocycles. The minimum atomic E-state index is 0.704. The summed E-state index contributed by atoms with van der Waals surface area (Å²) in [6.07, 6.45) is 8.26. The van der Waals surface area contributed by atoms with Crippen LogP contribution in [0.3, 0.4) is 0 Å². The maximum Gasteiger partial charge on any atom is 0.108 e. The van der Waals surface area contributed by atoms with Gasteiger partial charge >= 0.3 is 0 Å². The fraction of sp³-hybridized carbons (Fsp3) is 0.588. The van der Waals surface area contributed by atoms with Gasteiger partial charge in [-0.25, -0.2) is 4.98 Å². The summed E-state index contributed by atoms with van der Waals surface area (Å²) in [6, 6.07) is 9.12. The van der Waals surface area contributed by atoms with Crippen molar-refractivity contribution < 1.29 is 0 Å². The highest BCUT2D eigenvalue weighted by Crippen LogP contribution is 2.28. The smallest absolute Gasteiger partial charge is 0.108 e. The van der Waals surface area contributed by atoms with E-state index >= 15 is 0 Å². The standard InChI is InChI=1S/C17H24N2S/c1-2-5-13-8-10-14(11-9-13)18-12-17-19-15-6-3-4-7-16(15)20-17/h3-4,6-7,13-14,18H,2,5,8-12H2,1H3. The summed E-state index contributed by atoms with van der Waals surface area (Å²) >= 11 is 1.82. The topological polar surface area (TPSA) is 24.9 Å². The molecule has 0 bridgehead atoms. The van der Waals surface area contributed by atoms with Crippen LogP contribution in [0.1, 0.15) is 50.5 Å². The van der Waals surface area contributed by atoms with Crippen molar-refractivity contribution in [1.29, 1.82) is 0 Å². The second-order valence-electron chi connectivity index (χ2n) is 5.96. The van der Waals surface area contributed by atoms with Crippen molar-refractivity contribution in [3.05, 3.63) is 29.3 Å². The second kappa shape index (κ2) is 6.68. The van der Waals surface area contributed by atoms with E-state index < -0.39 is 0 Å². The highest BCUT2D eigenvalue weighted by molar-refractivity contribution is 7.18. The molecule has 1 aliphatic rings. The van der Waals surface area contributed by atoms with E-state index in [9.17, 15) is 0 Å². The average molecular weight is 288 g/mol. The van der Waals surface area contributed by atoms with Crippen LogP contribution < -0.4 is 5.32 Å². The molecule has 20 heavy (non-hydrogen) atoms. The lowest BCUT2D eigenvalue weighted by Crippen LogP contribution is -2.32. The molecule has 0 unspecified atom stereocenters. The van der Waals surface area contributed by atoms with E-state index in [1.165, 1.54) is 48.2 Å². The summed E-state index contributed by atoms with van der Waals surface area (Å²) in [4.78, 5) is 4.70. The van der Waals surface area contributed by atoms with Crippen LogP contribution in [-0.4, -0.2) is 11.0 Å². The average Bonchev–Trinajstić information content (AvgIpc) is 2.90. The first kappa shape index (κ1) is 14.0. The van der Waals surface area contributed by atoms with Crippen molar-refractivity contribution in [2.75, 3.05) is 0 Å². The maximum atomic E-state index is 4.70. The molecule has 1 aromatic heterocycles. The molecule has 1 heterocycles. The molecule has 1 aromatic carbocycles. The Labute approximate surface area is 125 Å². The van der Waals surface area contributed by atoms with Gasteiger partial charge in [-0.2, -0.15) is 0 Å². The molecule has 1 fully saturated rings. The molecule has 0 aliphatic heterocycles. The lowest BCUT2D eigenvalue weighted by molar-refractivity contribution is 0.277. The first-order chi connectivity index (χ1) is 9.85. The number of benzene rings is 1. The molecule has 2 aromatic rings. The van der Waals surface area contributed by atoms with E-state index in [2.05, 4.69) is 36.5 Å². The molecule has 0 spiro atoms. The number of rotatable bonds is 5. The highest BCUT2D eigenvalue weighted by Gasteiger charge is 2.20. The van der Waals surface area contributed by atoms with Gasteiger partial charge in [-0.15, -0.1) is 11.3 Å². The molecule has 1 saturated carbocycles. The molecule has 3 rings (SSSR count). The van der Waals surface area contributed by atoms with E-state index in [0.29, 0.717) is 6.04 Å². The Balaban J connectivity index is 1.50. The Morgan fingerprint density at radius 1 is 1.20 bits per heavy atom. The lowest BCUT2D eigenvalue weighted by Gasteiger charge is -2.28. The predicted octanol–water partition coefficient (Wildman–Crippen LogP) is 4.74. The predicted molar refractivity (Wildman–Crippen MR) is 87.1 cm³/mol. The van der Waals surface area contributed by atoms with Crippen molar-refractivity contribution in [3.8, 4) is 0 Å². The zero-order chi connectivity index (χ0) is 13.8. The van der Waals surface area contributed by atoms with Crippen LogP contribution in [0.4, 0.5) is 0 Å². The van der Waals surface area contributed by atoms with Crippen LogP contribution in [0.15, 0.2) is 24.3 Å². The van der Waals surface area contributed by atoms with E-state index in [1.54, 1.807) is 0 Å². The Morgan fingerprint density at radius 2 is 2.00 bits per heavy atom. The zero-order valence-corrected chi connectivity index (χ0v) is 13.1. The molecule has 0 saturated heterocycles. The molecule has 1 N–H and O–H groups in total. The summed E-state index contributed by atoms with van der Waals surface area (Å²) < 4.78 is 1.30. The number of fused-ring (bicyclic) bond motifs is 1. The van der Waals surface area contributed by atoms with Gasteiger partial charge in [0.2, 0.25) is 0 Å². The van der Waals surface area contributed by atoms with Crippen LogP contribution in [0.5, 0.6) is 0 Å². The Morgan fingerprint density at radius 3 is 2.75 bits per heavy atom. The fourth-order valence-electron chi connectivity index (χ4n) is 3.29. The van der Waals surface area contributed by atoms with E-state index in [0.717, 1.165) is 18.0 Å². The molecule has 108 valence electrons. The summed E-state index contributed by atoms with van der Waals surface area (Å²) in [5, 5.41) is 4.93. The van der Waals surface area contributed by atoms with Crippen LogP contribution in [0, 0.1) is 5.92 Å². The number of aromatic nitrogens is 1. The van der Waals surface area contributed by atoms with Gasteiger partial charge in [-0.05, 0) is 43.7 Å². The minimum Gasteiger partial charge on any atom is -0.308 e. The van der Waals surface area contributed by atoms with Crippen molar-refractivity contribution in [1.82, 2.24) is 10.3 Å². The second-order valence-corrected chi connectivity index (χ2v) is 7.08. The number of thiazole rings is 1. The van der Waals surface area contributed by atoms with Crippen LogP contribution >= 0.6 is 11.3 Å². The van der Waals surface area contributed by atoms with Crippen molar-refractivity contribution in [2.45, 2.75) is 58.0 Å². The Hall–Kier alpha value is -0.930. The Kier molecular flexibility index (Phi) is 4.69.